The Morgan fingerprint density at radius 3 is 2.15 bits per heavy atom. The van der Waals surface area contributed by atoms with Crippen LogP contribution in [0.25, 0.3) is 0 Å². The predicted molar refractivity (Wildman–Crippen MR) is 85.0 cm³/mol. The van der Waals surface area contributed by atoms with Crippen LogP contribution in [0.2, 0.25) is 0 Å². The summed E-state index contributed by atoms with van der Waals surface area (Å²) in [6.07, 6.45) is 10.5. The van der Waals surface area contributed by atoms with E-state index in [2.05, 4.69) is 19.2 Å². The van der Waals surface area contributed by atoms with Crippen molar-refractivity contribution < 1.29 is 4.79 Å². The molecule has 3 heteroatoms. The Kier molecular flexibility index (Phi) is 5.39. The third kappa shape index (κ3) is 3.50. The second-order valence-corrected chi connectivity index (χ2v) is 7.88. The molecular formula is C17H30ClNO. The van der Waals surface area contributed by atoms with Crippen molar-refractivity contribution >= 4 is 17.5 Å². The van der Waals surface area contributed by atoms with Gasteiger partial charge >= 0.3 is 0 Å². The Morgan fingerprint density at radius 2 is 1.65 bits per heavy atom. The number of carbonyl (C=O) groups is 1. The lowest BCUT2D eigenvalue weighted by Crippen LogP contribution is -2.45. The summed E-state index contributed by atoms with van der Waals surface area (Å²) in [5, 5.41) is 3.28. The number of alkyl halides is 1. The minimum Gasteiger partial charge on any atom is -0.355 e. The number of hydrogen-bond donors (Lipinski definition) is 1. The molecule has 2 aliphatic rings. The van der Waals surface area contributed by atoms with Crippen molar-refractivity contribution in [3.8, 4) is 0 Å². The molecule has 2 rings (SSSR count). The molecule has 0 heterocycles. The van der Waals surface area contributed by atoms with Gasteiger partial charge in [-0.2, -0.15) is 0 Å². The second kappa shape index (κ2) is 6.68. The van der Waals surface area contributed by atoms with E-state index in [-0.39, 0.29) is 10.8 Å². The zero-order chi connectivity index (χ0) is 14.6. The zero-order valence-corrected chi connectivity index (χ0v) is 13.9. The number of amides is 1. The van der Waals surface area contributed by atoms with Gasteiger partial charge in [0, 0.05) is 23.3 Å². The SMILES string of the molecule is CC(C)CC1(C(=O)NCC2(CCl)CCCC2)CCCC1. The number of rotatable bonds is 6. The molecule has 0 unspecified atom stereocenters. The summed E-state index contributed by atoms with van der Waals surface area (Å²) in [6, 6.07) is 0. The molecule has 1 N–H and O–H groups in total. The van der Waals surface area contributed by atoms with E-state index >= 15 is 0 Å². The summed E-state index contributed by atoms with van der Waals surface area (Å²) in [4.78, 5) is 12.8. The maximum absolute atomic E-state index is 12.8. The molecule has 2 aliphatic carbocycles. The van der Waals surface area contributed by atoms with Crippen molar-refractivity contribution in [3.05, 3.63) is 0 Å². The standard InChI is InChI=1S/C17H30ClNO/c1-14(2)11-17(9-5-6-10-17)15(20)19-13-16(12-18)7-3-4-8-16/h14H,3-13H2,1-2H3,(H,19,20). The van der Waals surface area contributed by atoms with Gasteiger partial charge in [0.1, 0.15) is 0 Å². The predicted octanol–water partition coefficient (Wildman–Crippen LogP) is 4.51. The topological polar surface area (TPSA) is 29.1 Å². The minimum atomic E-state index is -0.0831. The molecule has 0 aromatic carbocycles. The lowest BCUT2D eigenvalue weighted by atomic mass is 9.77. The number of hydrogen-bond acceptors (Lipinski definition) is 1. The first-order chi connectivity index (χ1) is 9.52. The van der Waals surface area contributed by atoms with E-state index in [1.807, 2.05) is 0 Å². The molecule has 0 aliphatic heterocycles. The van der Waals surface area contributed by atoms with Gasteiger partial charge < -0.3 is 5.32 Å². The fraction of sp³-hybridized carbons (Fsp3) is 0.941. The lowest BCUT2D eigenvalue weighted by molar-refractivity contribution is -0.132. The second-order valence-electron chi connectivity index (χ2n) is 7.61. The van der Waals surface area contributed by atoms with Gasteiger partial charge in [-0.1, -0.05) is 39.5 Å². The van der Waals surface area contributed by atoms with Crippen molar-refractivity contribution in [2.24, 2.45) is 16.7 Å². The van der Waals surface area contributed by atoms with Gasteiger partial charge in [0.15, 0.2) is 0 Å². The Bertz CT molecular complexity index is 328. The van der Waals surface area contributed by atoms with E-state index in [0.717, 1.165) is 25.8 Å². The Labute approximate surface area is 129 Å². The molecule has 2 fully saturated rings. The summed E-state index contributed by atoms with van der Waals surface area (Å²) < 4.78 is 0. The van der Waals surface area contributed by atoms with Crippen LogP contribution in [0.5, 0.6) is 0 Å². The molecule has 1 amide bonds. The van der Waals surface area contributed by atoms with Gasteiger partial charge in [-0.15, -0.1) is 11.6 Å². The largest absolute Gasteiger partial charge is 0.355 e. The first kappa shape index (κ1) is 16.1. The molecule has 0 bridgehead atoms. The first-order valence-corrected chi connectivity index (χ1v) is 8.90. The van der Waals surface area contributed by atoms with E-state index in [0.29, 0.717) is 17.7 Å². The fourth-order valence-corrected chi connectivity index (χ4v) is 4.66. The van der Waals surface area contributed by atoms with Gasteiger partial charge in [0.2, 0.25) is 5.91 Å². The summed E-state index contributed by atoms with van der Waals surface area (Å²) in [5.41, 5.74) is 0.0924. The van der Waals surface area contributed by atoms with E-state index < -0.39 is 0 Å². The highest BCUT2D eigenvalue weighted by Crippen LogP contribution is 2.44. The van der Waals surface area contributed by atoms with E-state index in [1.165, 1.54) is 38.5 Å². The van der Waals surface area contributed by atoms with Crippen LogP contribution in [0, 0.1) is 16.7 Å². The van der Waals surface area contributed by atoms with E-state index in [4.69, 9.17) is 11.6 Å². The monoisotopic (exact) mass is 299 g/mol. The first-order valence-electron chi connectivity index (χ1n) is 8.36. The smallest absolute Gasteiger partial charge is 0.226 e. The quantitative estimate of drug-likeness (QED) is 0.718. The van der Waals surface area contributed by atoms with Crippen molar-refractivity contribution in [1.29, 1.82) is 0 Å². The molecule has 2 saturated carbocycles. The van der Waals surface area contributed by atoms with Crippen LogP contribution in [0.3, 0.4) is 0 Å². The van der Waals surface area contributed by atoms with Crippen molar-refractivity contribution in [3.63, 3.8) is 0 Å². The maximum Gasteiger partial charge on any atom is 0.226 e. The third-order valence-corrected chi connectivity index (χ3v) is 5.98. The Balaban J connectivity index is 1.95. The molecule has 0 saturated heterocycles. The lowest BCUT2D eigenvalue weighted by Gasteiger charge is -2.33. The summed E-state index contributed by atoms with van der Waals surface area (Å²) in [7, 11) is 0. The average Bonchev–Trinajstić information content (AvgIpc) is 3.06. The highest BCUT2D eigenvalue weighted by Gasteiger charge is 2.42. The maximum atomic E-state index is 12.8. The van der Waals surface area contributed by atoms with Crippen molar-refractivity contribution in [2.45, 2.75) is 71.6 Å². The van der Waals surface area contributed by atoms with Crippen molar-refractivity contribution in [2.75, 3.05) is 12.4 Å². The van der Waals surface area contributed by atoms with Crippen LogP contribution in [0.1, 0.15) is 71.6 Å². The van der Waals surface area contributed by atoms with Crippen molar-refractivity contribution in [1.82, 2.24) is 5.32 Å². The molecule has 2 nitrogen and oxygen atoms in total. The summed E-state index contributed by atoms with van der Waals surface area (Å²) in [5.74, 6) is 1.58. The van der Waals surface area contributed by atoms with E-state index in [1.54, 1.807) is 0 Å². The van der Waals surface area contributed by atoms with Gasteiger partial charge in [0.05, 0.1) is 0 Å². The minimum absolute atomic E-state index is 0.0831. The molecule has 20 heavy (non-hydrogen) atoms. The highest BCUT2D eigenvalue weighted by atomic mass is 35.5. The van der Waals surface area contributed by atoms with E-state index in [9.17, 15) is 4.79 Å². The average molecular weight is 300 g/mol. The number of carbonyl (C=O) groups excluding carboxylic acids is 1. The van der Waals surface area contributed by atoms with Crippen LogP contribution in [0.4, 0.5) is 0 Å². The Morgan fingerprint density at radius 1 is 1.10 bits per heavy atom. The molecular weight excluding hydrogens is 270 g/mol. The van der Waals surface area contributed by atoms with Crippen LogP contribution >= 0.6 is 11.6 Å². The normalized spacial score (nSPS) is 24.2. The number of halogens is 1. The highest BCUT2D eigenvalue weighted by molar-refractivity contribution is 6.18. The van der Waals surface area contributed by atoms with Crippen LogP contribution in [0.15, 0.2) is 0 Å². The van der Waals surface area contributed by atoms with Gasteiger partial charge in [-0.25, -0.2) is 0 Å². The van der Waals surface area contributed by atoms with Crippen LogP contribution in [-0.2, 0) is 4.79 Å². The summed E-state index contributed by atoms with van der Waals surface area (Å²) >= 11 is 6.18. The molecule has 0 aromatic heterocycles. The third-order valence-electron chi connectivity index (χ3n) is 5.41. The fourth-order valence-electron chi connectivity index (χ4n) is 4.30. The summed E-state index contributed by atoms with van der Waals surface area (Å²) in [6.45, 7) is 5.24. The van der Waals surface area contributed by atoms with Gasteiger partial charge in [-0.3, -0.25) is 4.79 Å². The number of nitrogens with one attached hydrogen (secondary N) is 1. The van der Waals surface area contributed by atoms with Crippen LogP contribution in [-0.4, -0.2) is 18.3 Å². The van der Waals surface area contributed by atoms with Gasteiger partial charge in [0.25, 0.3) is 0 Å². The molecule has 116 valence electrons. The zero-order valence-electron chi connectivity index (χ0n) is 13.1. The molecule has 0 spiro atoms. The molecule has 0 radical (unpaired) electrons. The Hall–Kier alpha value is -0.240. The molecule has 0 atom stereocenters. The van der Waals surface area contributed by atoms with Crippen LogP contribution < -0.4 is 5.32 Å². The molecule has 0 aromatic rings. The van der Waals surface area contributed by atoms with Gasteiger partial charge in [-0.05, 0) is 38.0 Å².